The van der Waals surface area contributed by atoms with Crippen molar-refractivity contribution in [3.8, 4) is 16.9 Å². The van der Waals surface area contributed by atoms with Crippen LogP contribution in [0.3, 0.4) is 0 Å². The number of phenolic OH excluding ortho intramolecular Hbond substituents is 1. The van der Waals surface area contributed by atoms with E-state index in [2.05, 4.69) is 10.3 Å². The van der Waals surface area contributed by atoms with Crippen LogP contribution in [0.4, 0.5) is 4.39 Å². The molecule has 2 aromatic carbocycles. The Morgan fingerprint density at radius 3 is 2.42 bits per heavy atom. The zero-order chi connectivity index (χ0) is 26.8. The summed E-state index contributed by atoms with van der Waals surface area (Å²) in [5, 5.41) is 26.6. The maximum absolute atomic E-state index is 13.6. The molecule has 196 valence electrons. The van der Waals surface area contributed by atoms with Gasteiger partial charge in [-0.3, -0.25) is 4.79 Å². The van der Waals surface area contributed by atoms with Crippen LogP contribution in [0.5, 0.6) is 5.75 Å². The number of halogens is 1. The Balaban J connectivity index is 1.54. The number of benzene rings is 2. The van der Waals surface area contributed by atoms with E-state index in [-0.39, 0.29) is 29.5 Å². The van der Waals surface area contributed by atoms with Gasteiger partial charge in [0.1, 0.15) is 23.2 Å². The van der Waals surface area contributed by atoms with Gasteiger partial charge in [-0.05, 0) is 55.2 Å². The predicted molar refractivity (Wildman–Crippen MR) is 140 cm³/mol. The highest BCUT2D eigenvalue weighted by molar-refractivity contribution is 6.02. The van der Waals surface area contributed by atoms with Crippen LogP contribution in [-0.4, -0.2) is 42.7 Å². The van der Waals surface area contributed by atoms with Gasteiger partial charge in [0.05, 0.1) is 11.4 Å². The fourth-order valence-corrected chi connectivity index (χ4v) is 5.29. The second-order valence-corrected chi connectivity index (χ2v) is 9.83. The van der Waals surface area contributed by atoms with Crippen molar-refractivity contribution in [2.45, 2.75) is 57.4 Å². The van der Waals surface area contributed by atoms with Crippen molar-refractivity contribution in [1.29, 1.82) is 0 Å². The molecule has 1 fully saturated rings. The number of aliphatic carboxylic acids is 1. The van der Waals surface area contributed by atoms with E-state index in [1.54, 1.807) is 41.9 Å². The van der Waals surface area contributed by atoms with Crippen LogP contribution < -0.4 is 5.32 Å². The molecule has 0 unspecified atom stereocenters. The van der Waals surface area contributed by atoms with E-state index < -0.39 is 17.9 Å². The Kier molecular flexibility index (Phi) is 7.09. The van der Waals surface area contributed by atoms with Gasteiger partial charge in [-0.1, -0.05) is 43.5 Å². The third-order valence-corrected chi connectivity index (χ3v) is 7.21. The molecule has 0 aliphatic heterocycles. The number of hydrogen-bond acceptors (Lipinski definition) is 5. The third-order valence-electron chi connectivity index (χ3n) is 7.21. The summed E-state index contributed by atoms with van der Waals surface area (Å²) in [6.07, 6.45) is 7.04. The normalized spacial score (nSPS) is 14.9. The number of rotatable bonds is 7. The van der Waals surface area contributed by atoms with Crippen LogP contribution in [0.15, 0.2) is 54.7 Å². The Bertz CT molecular complexity index is 1480. The molecule has 1 aliphatic carbocycles. The number of amides is 1. The predicted octanol–water partition coefficient (Wildman–Crippen LogP) is 5.02. The zero-order valence-corrected chi connectivity index (χ0v) is 21.0. The lowest BCUT2D eigenvalue weighted by Gasteiger charge is -2.25. The van der Waals surface area contributed by atoms with E-state index in [0.29, 0.717) is 16.9 Å². The van der Waals surface area contributed by atoms with Crippen LogP contribution in [0.2, 0.25) is 0 Å². The number of carboxylic acid groups (broad SMARTS) is 1. The summed E-state index contributed by atoms with van der Waals surface area (Å²) < 4.78 is 15.4. The Morgan fingerprint density at radius 2 is 1.76 bits per heavy atom. The molecule has 9 heteroatoms. The molecule has 1 atom stereocenters. The van der Waals surface area contributed by atoms with Gasteiger partial charge < -0.3 is 15.5 Å². The molecule has 1 aliphatic rings. The quantitative estimate of drug-likeness (QED) is 0.318. The molecule has 2 aromatic heterocycles. The molecule has 1 saturated carbocycles. The van der Waals surface area contributed by atoms with Crippen LogP contribution in [0, 0.1) is 12.7 Å². The Hall–Kier alpha value is -4.27. The van der Waals surface area contributed by atoms with E-state index in [4.69, 9.17) is 5.10 Å². The first kappa shape index (κ1) is 25.4. The zero-order valence-electron chi connectivity index (χ0n) is 21.0. The summed E-state index contributed by atoms with van der Waals surface area (Å²) in [4.78, 5) is 30.0. The topological polar surface area (TPSA) is 117 Å². The van der Waals surface area contributed by atoms with Crippen molar-refractivity contribution < 1.29 is 24.2 Å². The van der Waals surface area contributed by atoms with Crippen LogP contribution in [-0.2, 0) is 11.2 Å². The van der Waals surface area contributed by atoms with Gasteiger partial charge in [0.25, 0.3) is 5.91 Å². The SMILES string of the molecule is Cc1nn2c(C3CCCCC3)c(-c3ccc(F)cc3)cnc2c1C(=O)N[C@@H](Cc1ccc(O)cc1)C(=O)O. The highest BCUT2D eigenvalue weighted by Gasteiger charge is 2.29. The summed E-state index contributed by atoms with van der Waals surface area (Å²) in [5.74, 6) is -1.79. The molecule has 3 N–H and O–H groups in total. The number of hydrogen-bond donors (Lipinski definition) is 3. The first-order chi connectivity index (χ1) is 18.3. The summed E-state index contributed by atoms with van der Waals surface area (Å²) >= 11 is 0. The average Bonchev–Trinajstić information content (AvgIpc) is 3.25. The molecule has 2 heterocycles. The van der Waals surface area contributed by atoms with Crippen LogP contribution in [0.25, 0.3) is 16.8 Å². The van der Waals surface area contributed by atoms with Crippen molar-refractivity contribution in [3.63, 3.8) is 0 Å². The lowest BCUT2D eigenvalue weighted by atomic mass is 9.84. The second-order valence-electron chi connectivity index (χ2n) is 9.83. The smallest absolute Gasteiger partial charge is 0.326 e. The average molecular weight is 517 g/mol. The lowest BCUT2D eigenvalue weighted by Crippen LogP contribution is -2.42. The summed E-state index contributed by atoms with van der Waals surface area (Å²) in [6, 6.07) is 11.3. The van der Waals surface area contributed by atoms with Crippen molar-refractivity contribution in [2.75, 3.05) is 0 Å². The van der Waals surface area contributed by atoms with Gasteiger partial charge in [0, 0.05) is 24.1 Å². The van der Waals surface area contributed by atoms with Gasteiger partial charge in [-0.15, -0.1) is 0 Å². The van der Waals surface area contributed by atoms with E-state index in [0.717, 1.165) is 42.5 Å². The van der Waals surface area contributed by atoms with Gasteiger partial charge in [0.15, 0.2) is 5.65 Å². The number of fused-ring (bicyclic) bond motifs is 1. The minimum Gasteiger partial charge on any atom is -0.508 e. The van der Waals surface area contributed by atoms with Crippen molar-refractivity contribution in [2.24, 2.45) is 0 Å². The van der Waals surface area contributed by atoms with Crippen molar-refractivity contribution >= 4 is 17.5 Å². The molecule has 5 rings (SSSR count). The number of nitrogens with zero attached hydrogens (tertiary/aromatic N) is 3. The highest BCUT2D eigenvalue weighted by atomic mass is 19.1. The second kappa shape index (κ2) is 10.6. The lowest BCUT2D eigenvalue weighted by molar-refractivity contribution is -0.139. The third kappa shape index (κ3) is 5.09. The van der Waals surface area contributed by atoms with E-state index >= 15 is 0 Å². The van der Waals surface area contributed by atoms with Crippen molar-refractivity contribution in [1.82, 2.24) is 19.9 Å². The first-order valence-electron chi connectivity index (χ1n) is 12.8. The molecule has 4 aromatic rings. The fourth-order valence-electron chi connectivity index (χ4n) is 5.29. The monoisotopic (exact) mass is 516 g/mol. The number of phenols is 1. The summed E-state index contributed by atoms with van der Waals surface area (Å²) in [6.45, 7) is 1.71. The molecule has 0 bridgehead atoms. The van der Waals surface area contributed by atoms with Gasteiger partial charge >= 0.3 is 5.97 Å². The molecular weight excluding hydrogens is 487 g/mol. The summed E-state index contributed by atoms with van der Waals surface area (Å²) in [5.41, 5.74) is 4.29. The van der Waals surface area contributed by atoms with Gasteiger partial charge in [-0.2, -0.15) is 5.10 Å². The van der Waals surface area contributed by atoms with E-state index in [1.165, 1.54) is 30.7 Å². The molecule has 0 spiro atoms. The van der Waals surface area contributed by atoms with Crippen molar-refractivity contribution in [3.05, 3.63) is 83.1 Å². The largest absolute Gasteiger partial charge is 0.508 e. The molecule has 8 nitrogen and oxygen atoms in total. The van der Waals surface area contributed by atoms with Gasteiger partial charge in [0.2, 0.25) is 0 Å². The van der Waals surface area contributed by atoms with Crippen LogP contribution >= 0.6 is 0 Å². The minimum absolute atomic E-state index is 0.0507. The molecule has 0 saturated heterocycles. The number of aromatic hydroxyl groups is 1. The molecule has 1 amide bonds. The van der Waals surface area contributed by atoms with Crippen LogP contribution in [0.1, 0.15) is 65.3 Å². The number of carbonyl (C=O) groups is 2. The highest BCUT2D eigenvalue weighted by Crippen LogP contribution is 2.38. The molecular formula is C29H29FN4O4. The molecule has 38 heavy (non-hydrogen) atoms. The maximum Gasteiger partial charge on any atom is 0.326 e. The first-order valence-corrected chi connectivity index (χ1v) is 12.8. The number of carboxylic acids is 1. The number of aryl methyl sites for hydroxylation is 1. The fraction of sp³-hybridized carbons (Fsp3) is 0.310. The number of aromatic nitrogens is 3. The van der Waals surface area contributed by atoms with E-state index in [9.17, 15) is 24.2 Å². The summed E-state index contributed by atoms with van der Waals surface area (Å²) in [7, 11) is 0. The molecule has 0 radical (unpaired) electrons. The minimum atomic E-state index is -1.18. The Labute approximate surface area is 219 Å². The standard InChI is InChI=1S/C29H29FN4O4/c1-17-25(28(36)32-24(29(37)38)15-18-7-13-22(35)14-8-18)27-31-16-23(19-9-11-21(30)12-10-19)26(34(27)33-17)20-5-3-2-4-6-20/h7-14,16,20,24,35H,2-6,15H2,1H3,(H,32,36)(H,37,38)/t24-/m0/s1. The number of carbonyl (C=O) groups excluding carboxylic acids is 1. The van der Waals surface area contributed by atoms with Gasteiger partial charge in [-0.25, -0.2) is 18.7 Å². The Morgan fingerprint density at radius 1 is 1.08 bits per heavy atom. The maximum atomic E-state index is 13.6. The van der Waals surface area contributed by atoms with E-state index in [1.807, 2.05) is 0 Å². The number of nitrogens with one attached hydrogen (secondary N) is 1.